The Labute approximate surface area is 96.8 Å². The Hall–Kier alpha value is -1.26. The minimum atomic E-state index is -1.000. The molecule has 0 bridgehead atoms. The molecule has 0 aromatic carbocycles. The van der Waals surface area contributed by atoms with E-state index in [0.29, 0.717) is 13.0 Å². The number of amides is 2. The SMILES string of the molecule is CC[C@@H](NC(=O)N(C)CC(C)(C)C)C(=O)O. The summed E-state index contributed by atoms with van der Waals surface area (Å²) in [7, 11) is 1.66. The molecule has 0 rings (SSSR count). The van der Waals surface area contributed by atoms with Gasteiger partial charge < -0.3 is 15.3 Å². The van der Waals surface area contributed by atoms with Crippen LogP contribution in [0.25, 0.3) is 0 Å². The van der Waals surface area contributed by atoms with Crippen molar-refractivity contribution in [2.24, 2.45) is 5.41 Å². The fraction of sp³-hybridized carbons (Fsp3) is 0.818. The molecule has 2 N–H and O–H groups in total. The second kappa shape index (κ2) is 5.72. The molecule has 0 aliphatic rings. The van der Waals surface area contributed by atoms with E-state index >= 15 is 0 Å². The Kier molecular flexibility index (Phi) is 5.27. The van der Waals surface area contributed by atoms with Crippen molar-refractivity contribution in [1.29, 1.82) is 0 Å². The van der Waals surface area contributed by atoms with Gasteiger partial charge in [0.15, 0.2) is 0 Å². The molecule has 5 nitrogen and oxygen atoms in total. The molecule has 0 heterocycles. The van der Waals surface area contributed by atoms with Gasteiger partial charge in [0.25, 0.3) is 0 Å². The maximum absolute atomic E-state index is 11.6. The van der Waals surface area contributed by atoms with Gasteiger partial charge in [0.1, 0.15) is 6.04 Å². The van der Waals surface area contributed by atoms with E-state index in [-0.39, 0.29) is 11.4 Å². The fourth-order valence-electron chi connectivity index (χ4n) is 1.38. The molecule has 0 radical (unpaired) electrons. The van der Waals surface area contributed by atoms with Crippen LogP contribution < -0.4 is 5.32 Å². The molecule has 0 aromatic heterocycles. The largest absolute Gasteiger partial charge is 0.480 e. The quantitative estimate of drug-likeness (QED) is 0.769. The summed E-state index contributed by atoms with van der Waals surface area (Å²) < 4.78 is 0. The Balaban J connectivity index is 4.29. The standard InChI is InChI=1S/C11H22N2O3/c1-6-8(9(14)15)12-10(16)13(5)7-11(2,3)4/h8H,6-7H2,1-5H3,(H,12,16)(H,14,15)/t8-/m1/s1. The first kappa shape index (κ1) is 14.7. The first-order valence-electron chi connectivity index (χ1n) is 5.42. The van der Waals surface area contributed by atoms with Crippen LogP contribution in [0.3, 0.4) is 0 Å². The zero-order valence-corrected chi connectivity index (χ0v) is 10.7. The fourth-order valence-corrected chi connectivity index (χ4v) is 1.38. The summed E-state index contributed by atoms with van der Waals surface area (Å²) in [6.07, 6.45) is 0.379. The van der Waals surface area contributed by atoms with Gasteiger partial charge in [0.05, 0.1) is 0 Å². The molecule has 0 unspecified atom stereocenters. The minimum absolute atomic E-state index is 0.00295. The van der Waals surface area contributed by atoms with Crippen molar-refractivity contribution in [2.75, 3.05) is 13.6 Å². The van der Waals surface area contributed by atoms with Gasteiger partial charge in [0.2, 0.25) is 0 Å². The highest BCUT2D eigenvalue weighted by Gasteiger charge is 2.22. The molecule has 0 aliphatic heterocycles. The zero-order chi connectivity index (χ0) is 12.9. The lowest BCUT2D eigenvalue weighted by Crippen LogP contribution is -2.48. The van der Waals surface area contributed by atoms with Crippen molar-refractivity contribution in [3.05, 3.63) is 0 Å². The average Bonchev–Trinajstić information content (AvgIpc) is 2.10. The van der Waals surface area contributed by atoms with Crippen LogP contribution in [0.5, 0.6) is 0 Å². The van der Waals surface area contributed by atoms with E-state index in [1.807, 2.05) is 20.8 Å². The van der Waals surface area contributed by atoms with Crippen molar-refractivity contribution in [3.63, 3.8) is 0 Å². The first-order valence-corrected chi connectivity index (χ1v) is 5.42. The van der Waals surface area contributed by atoms with E-state index in [0.717, 1.165) is 0 Å². The van der Waals surface area contributed by atoms with Crippen molar-refractivity contribution in [2.45, 2.75) is 40.2 Å². The molecular formula is C11H22N2O3. The van der Waals surface area contributed by atoms with Crippen LogP contribution in [-0.4, -0.2) is 41.6 Å². The van der Waals surface area contributed by atoms with Gasteiger partial charge in [-0.1, -0.05) is 27.7 Å². The zero-order valence-electron chi connectivity index (χ0n) is 10.7. The molecular weight excluding hydrogens is 208 g/mol. The smallest absolute Gasteiger partial charge is 0.326 e. The maximum Gasteiger partial charge on any atom is 0.326 e. The second-order valence-electron chi connectivity index (χ2n) is 5.17. The van der Waals surface area contributed by atoms with E-state index in [9.17, 15) is 9.59 Å². The number of nitrogens with zero attached hydrogens (tertiary/aromatic N) is 1. The number of urea groups is 1. The molecule has 94 valence electrons. The number of nitrogens with one attached hydrogen (secondary N) is 1. The van der Waals surface area contributed by atoms with E-state index < -0.39 is 12.0 Å². The Bertz CT molecular complexity index is 258. The number of aliphatic carboxylic acids is 1. The van der Waals surface area contributed by atoms with E-state index in [1.54, 1.807) is 14.0 Å². The highest BCUT2D eigenvalue weighted by Crippen LogP contribution is 2.14. The molecule has 0 saturated carbocycles. The maximum atomic E-state index is 11.6. The van der Waals surface area contributed by atoms with Crippen molar-refractivity contribution in [1.82, 2.24) is 10.2 Å². The molecule has 2 amide bonds. The summed E-state index contributed by atoms with van der Waals surface area (Å²) in [5, 5.41) is 11.3. The van der Waals surface area contributed by atoms with Gasteiger partial charge in [-0.05, 0) is 11.8 Å². The summed E-state index contributed by atoms with van der Waals surface area (Å²) in [5.74, 6) is -1.000. The van der Waals surface area contributed by atoms with Crippen LogP contribution in [0.4, 0.5) is 4.79 Å². The van der Waals surface area contributed by atoms with Crippen molar-refractivity contribution < 1.29 is 14.7 Å². The summed E-state index contributed by atoms with van der Waals surface area (Å²) in [6.45, 7) is 8.36. The third-order valence-electron chi connectivity index (χ3n) is 2.06. The number of rotatable bonds is 4. The Morgan fingerprint density at radius 2 is 1.88 bits per heavy atom. The van der Waals surface area contributed by atoms with Crippen molar-refractivity contribution >= 4 is 12.0 Å². The Morgan fingerprint density at radius 1 is 1.38 bits per heavy atom. The van der Waals surface area contributed by atoms with Crippen LogP contribution in [0.15, 0.2) is 0 Å². The predicted molar refractivity (Wildman–Crippen MR) is 62.3 cm³/mol. The molecule has 0 saturated heterocycles. The lowest BCUT2D eigenvalue weighted by molar-refractivity contribution is -0.139. The minimum Gasteiger partial charge on any atom is -0.480 e. The third kappa shape index (κ3) is 5.58. The topological polar surface area (TPSA) is 69.6 Å². The molecule has 5 heteroatoms. The molecule has 0 spiro atoms. The van der Waals surface area contributed by atoms with Crippen LogP contribution in [0.2, 0.25) is 0 Å². The van der Waals surface area contributed by atoms with Gasteiger partial charge in [-0.3, -0.25) is 0 Å². The number of carbonyl (C=O) groups excluding carboxylic acids is 1. The van der Waals surface area contributed by atoms with Gasteiger partial charge >= 0.3 is 12.0 Å². The highest BCUT2D eigenvalue weighted by atomic mass is 16.4. The summed E-state index contributed by atoms with van der Waals surface area (Å²) in [4.78, 5) is 23.9. The van der Waals surface area contributed by atoms with Crippen LogP contribution >= 0.6 is 0 Å². The number of carboxylic acids is 1. The second-order valence-corrected chi connectivity index (χ2v) is 5.17. The monoisotopic (exact) mass is 230 g/mol. The van der Waals surface area contributed by atoms with Crippen molar-refractivity contribution in [3.8, 4) is 0 Å². The first-order chi connectivity index (χ1) is 7.17. The van der Waals surface area contributed by atoms with Crippen LogP contribution in [0, 0.1) is 5.41 Å². The van der Waals surface area contributed by atoms with Crippen LogP contribution in [-0.2, 0) is 4.79 Å². The van der Waals surface area contributed by atoms with E-state index in [2.05, 4.69) is 5.32 Å². The summed E-state index contributed by atoms with van der Waals surface area (Å²) >= 11 is 0. The highest BCUT2D eigenvalue weighted by molar-refractivity contribution is 5.82. The van der Waals surface area contributed by atoms with Gasteiger partial charge in [-0.2, -0.15) is 0 Å². The molecule has 0 aromatic rings. The molecule has 1 atom stereocenters. The third-order valence-corrected chi connectivity index (χ3v) is 2.06. The van der Waals surface area contributed by atoms with E-state index in [1.165, 1.54) is 4.90 Å². The summed E-state index contributed by atoms with van der Waals surface area (Å²) in [6, 6.07) is -1.15. The van der Waals surface area contributed by atoms with Gasteiger partial charge in [0, 0.05) is 13.6 Å². The molecule has 16 heavy (non-hydrogen) atoms. The Morgan fingerprint density at radius 3 is 2.19 bits per heavy atom. The average molecular weight is 230 g/mol. The number of hydrogen-bond acceptors (Lipinski definition) is 2. The lowest BCUT2D eigenvalue weighted by atomic mass is 9.96. The van der Waals surface area contributed by atoms with Gasteiger partial charge in [-0.15, -0.1) is 0 Å². The van der Waals surface area contributed by atoms with Gasteiger partial charge in [-0.25, -0.2) is 9.59 Å². The van der Waals surface area contributed by atoms with E-state index in [4.69, 9.17) is 5.11 Å². The lowest BCUT2D eigenvalue weighted by Gasteiger charge is -2.27. The van der Waals surface area contributed by atoms with Crippen LogP contribution in [0.1, 0.15) is 34.1 Å². The predicted octanol–water partition coefficient (Wildman–Crippen LogP) is 1.54. The number of hydrogen-bond donors (Lipinski definition) is 2. The normalized spacial score (nSPS) is 13.1. The summed E-state index contributed by atoms with van der Waals surface area (Å²) in [5.41, 5.74) is -0.00295. The number of carbonyl (C=O) groups is 2. The molecule has 0 fully saturated rings. The molecule has 0 aliphatic carbocycles. The number of carboxylic acid groups (broad SMARTS) is 1.